The molecule has 31 heavy (non-hydrogen) atoms. The van der Waals surface area contributed by atoms with E-state index >= 15 is 0 Å². The van der Waals surface area contributed by atoms with Crippen molar-refractivity contribution in [3.63, 3.8) is 0 Å². The van der Waals surface area contributed by atoms with Crippen LogP contribution in [0.25, 0.3) is 0 Å². The van der Waals surface area contributed by atoms with E-state index in [9.17, 15) is 4.79 Å². The zero-order chi connectivity index (χ0) is 21.8. The van der Waals surface area contributed by atoms with E-state index in [2.05, 4.69) is 20.5 Å². The summed E-state index contributed by atoms with van der Waals surface area (Å²) in [4.78, 5) is 16.5. The first-order valence-electron chi connectivity index (χ1n) is 9.03. The second-order valence-electron chi connectivity index (χ2n) is 6.44. The van der Waals surface area contributed by atoms with E-state index in [1.165, 1.54) is 11.0 Å². The normalized spacial score (nSPS) is 10.8. The van der Waals surface area contributed by atoms with Crippen LogP contribution in [0.1, 0.15) is 16.1 Å². The average Bonchev–Trinajstić information content (AvgIpc) is 3.37. The van der Waals surface area contributed by atoms with Gasteiger partial charge < -0.3 is 4.74 Å². The molecule has 0 saturated carbocycles. The predicted molar refractivity (Wildman–Crippen MR) is 118 cm³/mol. The first kappa shape index (κ1) is 21.2. The molecule has 0 aliphatic carbocycles. The van der Waals surface area contributed by atoms with E-state index in [4.69, 9.17) is 39.5 Å². The number of benzene rings is 2. The molecule has 0 aliphatic heterocycles. The number of halogens is 3. The monoisotopic (exact) mass is 476 g/mol. The van der Waals surface area contributed by atoms with Crippen molar-refractivity contribution in [3.05, 3.63) is 87.4 Å². The summed E-state index contributed by atoms with van der Waals surface area (Å²) in [6, 6.07) is 13.9. The van der Waals surface area contributed by atoms with Gasteiger partial charge in [-0.15, -0.1) is 5.10 Å². The Hall–Kier alpha value is -3.07. The molecule has 8 nitrogen and oxygen atoms in total. The van der Waals surface area contributed by atoms with Gasteiger partial charge in [-0.05, 0) is 42.0 Å². The number of rotatable bonds is 7. The molecule has 158 valence electrons. The van der Waals surface area contributed by atoms with Gasteiger partial charge in [0.25, 0.3) is 5.91 Å². The van der Waals surface area contributed by atoms with Crippen LogP contribution in [0.3, 0.4) is 0 Å². The molecule has 4 aromatic rings. The highest BCUT2D eigenvalue weighted by atomic mass is 35.5. The molecule has 0 bridgehead atoms. The Balaban J connectivity index is 1.34. The maximum absolute atomic E-state index is 12.4. The standard InChI is InChI=1S/C20H15Cl3N6O2/c21-14-3-1-2-13(8-14)10-29-11-24-20(27-29)25-19(30)17-6-7-28(26-17)12-31-18-5-4-15(22)9-16(18)23/h1-9,11H,10,12H2,(H,25,27,30). The molecule has 2 heterocycles. The average molecular weight is 478 g/mol. The fraction of sp³-hybridized carbons (Fsp3) is 0.100. The fourth-order valence-corrected chi connectivity index (χ4v) is 3.37. The molecule has 0 radical (unpaired) electrons. The molecule has 2 aromatic heterocycles. The lowest BCUT2D eigenvalue weighted by molar-refractivity contribution is 0.101. The lowest BCUT2D eigenvalue weighted by Gasteiger charge is -2.08. The molecule has 11 heteroatoms. The van der Waals surface area contributed by atoms with Gasteiger partial charge in [0.2, 0.25) is 5.95 Å². The molecule has 0 spiro atoms. The molecular formula is C20H15Cl3N6O2. The van der Waals surface area contributed by atoms with E-state index in [-0.39, 0.29) is 18.4 Å². The second-order valence-corrected chi connectivity index (χ2v) is 7.72. The van der Waals surface area contributed by atoms with Crippen LogP contribution in [0.15, 0.2) is 61.1 Å². The zero-order valence-corrected chi connectivity index (χ0v) is 18.1. The van der Waals surface area contributed by atoms with Crippen molar-refractivity contribution in [1.29, 1.82) is 0 Å². The number of hydrogen-bond acceptors (Lipinski definition) is 5. The lowest BCUT2D eigenvalue weighted by atomic mass is 10.2. The van der Waals surface area contributed by atoms with Crippen LogP contribution in [-0.2, 0) is 13.3 Å². The summed E-state index contributed by atoms with van der Waals surface area (Å²) < 4.78 is 8.66. The Morgan fingerprint density at radius 1 is 1.00 bits per heavy atom. The van der Waals surface area contributed by atoms with Crippen molar-refractivity contribution >= 4 is 46.7 Å². The maximum atomic E-state index is 12.4. The number of carbonyl (C=O) groups is 1. The summed E-state index contributed by atoms with van der Waals surface area (Å²) in [5, 5.41) is 12.6. The van der Waals surface area contributed by atoms with Crippen LogP contribution in [0.4, 0.5) is 5.95 Å². The molecule has 0 unspecified atom stereocenters. The van der Waals surface area contributed by atoms with Gasteiger partial charge in [-0.3, -0.25) is 10.1 Å². The first-order valence-corrected chi connectivity index (χ1v) is 10.2. The Morgan fingerprint density at radius 3 is 2.65 bits per heavy atom. The number of hydrogen-bond donors (Lipinski definition) is 1. The molecule has 0 fully saturated rings. The van der Waals surface area contributed by atoms with Crippen LogP contribution in [0.5, 0.6) is 5.75 Å². The minimum atomic E-state index is -0.441. The smallest absolute Gasteiger partial charge is 0.278 e. The zero-order valence-electron chi connectivity index (χ0n) is 15.9. The topological polar surface area (TPSA) is 86.9 Å². The van der Waals surface area contributed by atoms with Crippen molar-refractivity contribution in [3.8, 4) is 5.75 Å². The predicted octanol–water partition coefficient (Wildman–Crippen LogP) is 4.77. The minimum Gasteiger partial charge on any atom is -0.470 e. The van der Waals surface area contributed by atoms with E-state index in [1.807, 2.05) is 18.2 Å². The highest BCUT2D eigenvalue weighted by Crippen LogP contribution is 2.27. The third-order valence-electron chi connectivity index (χ3n) is 4.11. The van der Waals surface area contributed by atoms with Crippen LogP contribution in [0, 0.1) is 0 Å². The first-order chi connectivity index (χ1) is 15.0. The summed E-state index contributed by atoms with van der Waals surface area (Å²) in [5.41, 5.74) is 1.16. The Bertz CT molecular complexity index is 1220. The molecule has 0 aliphatic rings. The molecule has 0 atom stereocenters. The molecule has 1 N–H and O–H groups in total. The summed E-state index contributed by atoms with van der Waals surface area (Å²) in [7, 11) is 0. The fourth-order valence-electron chi connectivity index (χ4n) is 2.70. The van der Waals surface area contributed by atoms with Crippen molar-refractivity contribution in [1.82, 2.24) is 24.5 Å². The third-order valence-corrected chi connectivity index (χ3v) is 4.88. The Morgan fingerprint density at radius 2 is 1.84 bits per heavy atom. The van der Waals surface area contributed by atoms with Gasteiger partial charge in [0.05, 0.1) is 11.6 Å². The number of nitrogens with zero attached hydrogens (tertiary/aromatic N) is 5. The van der Waals surface area contributed by atoms with Gasteiger partial charge in [-0.2, -0.15) is 5.10 Å². The highest BCUT2D eigenvalue weighted by Gasteiger charge is 2.13. The van der Waals surface area contributed by atoms with E-state index in [0.717, 1.165) is 5.56 Å². The largest absolute Gasteiger partial charge is 0.470 e. The molecule has 0 saturated heterocycles. The van der Waals surface area contributed by atoms with Crippen molar-refractivity contribution in [2.45, 2.75) is 13.3 Å². The number of aromatic nitrogens is 5. The number of anilines is 1. The van der Waals surface area contributed by atoms with Crippen molar-refractivity contribution < 1.29 is 9.53 Å². The van der Waals surface area contributed by atoms with Gasteiger partial charge in [-0.25, -0.2) is 14.3 Å². The van der Waals surface area contributed by atoms with E-state index < -0.39 is 5.91 Å². The SMILES string of the molecule is O=C(Nc1ncn(Cc2cccc(Cl)c2)n1)c1ccn(COc2ccc(Cl)cc2Cl)n1. The summed E-state index contributed by atoms with van der Waals surface area (Å²) in [5.74, 6) is 0.191. The number of nitrogens with one attached hydrogen (secondary N) is 1. The number of ether oxygens (including phenoxy) is 1. The number of carbonyl (C=O) groups excluding carboxylic acids is 1. The second kappa shape index (κ2) is 9.38. The van der Waals surface area contributed by atoms with E-state index in [0.29, 0.717) is 27.4 Å². The number of amides is 1. The summed E-state index contributed by atoms with van der Waals surface area (Å²) in [6.45, 7) is 0.545. The van der Waals surface area contributed by atoms with Crippen molar-refractivity contribution in [2.75, 3.05) is 5.32 Å². The van der Waals surface area contributed by atoms with E-state index in [1.54, 1.807) is 41.2 Å². The van der Waals surface area contributed by atoms with Crippen LogP contribution < -0.4 is 10.1 Å². The minimum absolute atomic E-state index is 0.0706. The van der Waals surface area contributed by atoms with Gasteiger partial charge in [0, 0.05) is 16.2 Å². The highest BCUT2D eigenvalue weighted by molar-refractivity contribution is 6.35. The van der Waals surface area contributed by atoms with Crippen molar-refractivity contribution in [2.24, 2.45) is 0 Å². The molecule has 4 rings (SSSR count). The van der Waals surface area contributed by atoms with Crippen LogP contribution in [-0.4, -0.2) is 30.5 Å². The lowest BCUT2D eigenvalue weighted by Crippen LogP contribution is -2.15. The molecular weight excluding hydrogens is 463 g/mol. The quantitative estimate of drug-likeness (QED) is 0.414. The Labute approximate surface area is 192 Å². The third kappa shape index (κ3) is 5.55. The van der Waals surface area contributed by atoms with Gasteiger partial charge in [0.1, 0.15) is 12.1 Å². The van der Waals surface area contributed by atoms with Gasteiger partial charge >= 0.3 is 0 Å². The molecule has 2 aromatic carbocycles. The maximum Gasteiger partial charge on any atom is 0.278 e. The Kier molecular flexibility index (Phi) is 6.41. The summed E-state index contributed by atoms with van der Waals surface area (Å²) >= 11 is 17.9. The summed E-state index contributed by atoms with van der Waals surface area (Å²) in [6.07, 6.45) is 3.14. The van der Waals surface area contributed by atoms with Gasteiger partial charge in [0.15, 0.2) is 12.4 Å². The van der Waals surface area contributed by atoms with Crippen LogP contribution >= 0.6 is 34.8 Å². The van der Waals surface area contributed by atoms with Gasteiger partial charge in [-0.1, -0.05) is 46.9 Å². The molecule has 1 amide bonds. The van der Waals surface area contributed by atoms with Crippen LogP contribution in [0.2, 0.25) is 15.1 Å².